The number of hydrogen-bond acceptors (Lipinski definition) is 4. The molecule has 0 N–H and O–H groups in total. The quantitative estimate of drug-likeness (QED) is 0.684. The topological polar surface area (TPSA) is 55.8 Å². The number of rotatable bonds is 1. The van der Waals surface area contributed by atoms with Crippen LogP contribution in [0.25, 0.3) is 0 Å². The van der Waals surface area contributed by atoms with E-state index in [1.165, 1.54) is 7.11 Å². The van der Waals surface area contributed by atoms with Gasteiger partial charge in [0.2, 0.25) is 5.91 Å². The number of piperidine rings is 1. The molecule has 1 atom stereocenters. The molecule has 0 spiro atoms. The molecule has 1 aliphatic rings. The maximum absolute atomic E-state index is 11.6. The highest BCUT2D eigenvalue weighted by Crippen LogP contribution is 2.21. The Morgan fingerprint density at radius 3 is 2.50 bits per heavy atom. The molecule has 0 aromatic rings. The summed E-state index contributed by atoms with van der Waals surface area (Å²) in [5.41, 5.74) is -0.265. The Kier molecular flexibility index (Phi) is 3.91. The van der Waals surface area contributed by atoms with Crippen LogP contribution in [0.2, 0.25) is 0 Å². The van der Waals surface area contributed by atoms with Gasteiger partial charge in [-0.1, -0.05) is 0 Å². The third-order valence-corrected chi connectivity index (χ3v) is 2.29. The number of likely N-dealkylation sites (tertiary alicyclic amines) is 1. The first kappa shape index (κ1) is 13.0. The zero-order valence-corrected chi connectivity index (χ0v) is 10.3. The van der Waals surface area contributed by atoms with Crippen molar-refractivity contribution in [2.45, 2.75) is 45.3 Å². The predicted octanol–water partition coefficient (Wildman–Crippen LogP) is 1.56. The fourth-order valence-electron chi connectivity index (χ4n) is 1.71. The summed E-state index contributed by atoms with van der Waals surface area (Å²) >= 11 is 0. The molecule has 92 valence electrons. The van der Waals surface area contributed by atoms with Gasteiger partial charge >= 0.3 is 6.09 Å². The fraction of sp³-hybridized carbons (Fsp3) is 0.818. The molecule has 0 aliphatic carbocycles. The summed E-state index contributed by atoms with van der Waals surface area (Å²) in [5.74, 6) is -0.229. The molecule has 16 heavy (non-hydrogen) atoms. The maximum atomic E-state index is 11.6. The van der Waals surface area contributed by atoms with Crippen molar-refractivity contribution in [1.82, 2.24) is 4.90 Å². The predicted molar refractivity (Wildman–Crippen MR) is 58.0 cm³/mol. The van der Waals surface area contributed by atoms with Crippen molar-refractivity contribution in [3.05, 3.63) is 0 Å². The van der Waals surface area contributed by atoms with Crippen LogP contribution in [-0.4, -0.2) is 42.3 Å². The van der Waals surface area contributed by atoms with Gasteiger partial charge in [-0.15, -0.1) is 0 Å². The minimum absolute atomic E-state index is 0.103. The van der Waals surface area contributed by atoms with E-state index in [9.17, 15) is 9.59 Å². The van der Waals surface area contributed by atoms with Crippen molar-refractivity contribution < 1.29 is 19.1 Å². The highest BCUT2D eigenvalue weighted by Gasteiger charge is 2.32. The zero-order valence-electron chi connectivity index (χ0n) is 10.3. The summed E-state index contributed by atoms with van der Waals surface area (Å²) in [6.07, 6.45) is 0.220. The lowest BCUT2D eigenvalue weighted by atomic mass is 10.1. The van der Waals surface area contributed by atoms with Crippen LogP contribution in [0.4, 0.5) is 4.79 Å². The van der Waals surface area contributed by atoms with Crippen molar-refractivity contribution in [1.29, 1.82) is 0 Å². The molecule has 1 fully saturated rings. The molecular formula is C11H19NO4. The normalized spacial score (nSPS) is 22.1. The Balaban J connectivity index is 2.52. The van der Waals surface area contributed by atoms with Crippen LogP contribution in [0.1, 0.15) is 33.6 Å². The second kappa shape index (κ2) is 4.82. The van der Waals surface area contributed by atoms with Crippen molar-refractivity contribution in [3.63, 3.8) is 0 Å². The average molecular weight is 229 g/mol. The van der Waals surface area contributed by atoms with E-state index >= 15 is 0 Å². The molecule has 1 heterocycles. The molecule has 0 bridgehead atoms. The molecule has 0 aromatic carbocycles. The van der Waals surface area contributed by atoms with E-state index in [-0.39, 0.29) is 24.0 Å². The Morgan fingerprint density at radius 2 is 2.06 bits per heavy atom. The van der Waals surface area contributed by atoms with Gasteiger partial charge in [-0.2, -0.15) is 0 Å². The monoisotopic (exact) mass is 229 g/mol. The van der Waals surface area contributed by atoms with Crippen LogP contribution in [-0.2, 0) is 14.3 Å². The third-order valence-electron chi connectivity index (χ3n) is 2.29. The standard InChI is InChI=1S/C11H19NO4/c1-11(2,3)16-8-5-6-12(9(13)7-8)10(14)15-4/h8H,5-7H2,1-4H3/t8-/m1/s1. The van der Waals surface area contributed by atoms with E-state index in [4.69, 9.17) is 4.74 Å². The Morgan fingerprint density at radius 1 is 1.44 bits per heavy atom. The van der Waals surface area contributed by atoms with E-state index in [1.807, 2.05) is 20.8 Å². The van der Waals surface area contributed by atoms with Crippen LogP contribution in [0, 0.1) is 0 Å². The largest absolute Gasteiger partial charge is 0.452 e. The SMILES string of the molecule is COC(=O)N1CC[C@@H](OC(C)(C)C)CC1=O. The van der Waals surface area contributed by atoms with Gasteiger partial charge in [-0.25, -0.2) is 9.69 Å². The molecule has 1 rings (SSSR count). The van der Waals surface area contributed by atoms with Gasteiger partial charge in [0.25, 0.3) is 0 Å². The van der Waals surface area contributed by atoms with Gasteiger partial charge in [0, 0.05) is 6.54 Å². The van der Waals surface area contributed by atoms with Gasteiger partial charge in [0.05, 0.1) is 25.2 Å². The second-order valence-corrected chi connectivity index (χ2v) is 4.86. The first-order chi connectivity index (χ1) is 7.33. The van der Waals surface area contributed by atoms with E-state index in [1.54, 1.807) is 0 Å². The molecule has 2 amide bonds. The summed E-state index contributed by atoms with van der Waals surface area (Å²) in [6.45, 7) is 6.21. The van der Waals surface area contributed by atoms with E-state index in [0.717, 1.165) is 4.90 Å². The lowest BCUT2D eigenvalue weighted by molar-refractivity contribution is -0.142. The highest BCUT2D eigenvalue weighted by molar-refractivity contribution is 5.92. The van der Waals surface area contributed by atoms with E-state index in [0.29, 0.717) is 13.0 Å². The first-order valence-corrected chi connectivity index (χ1v) is 5.39. The summed E-state index contributed by atoms with van der Waals surface area (Å²) in [6, 6.07) is 0. The fourth-order valence-corrected chi connectivity index (χ4v) is 1.71. The number of carbonyl (C=O) groups excluding carboxylic acids is 2. The van der Waals surface area contributed by atoms with Crippen LogP contribution >= 0.6 is 0 Å². The summed E-state index contributed by atoms with van der Waals surface area (Å²) < 4.78 is 10.2. The van der Waals surface area contributed by atoms with E-state index < -0.39 is 6.09 Å². The van der Waals surface area contributed by atoms with Crippen LogP contribution < -0.4 is 0 Å². The molecule has 0 unspecified atom stereocenters. The van der Waals surface area contributed by atoms with Gasteiger partial charge in [-0.05, 0) is 27.2 Å². The minimum atomic E-state index is -0.584. The van der Waals surface area contributed by atoms with Gasteiger partial charge in [0.1, 0.15) is 0 Å². The third kappa shape index (κ3) is 3.48. The molecule has 1 saturated heterocycles. The lowest BCUT2D eigenvalue weighted by Crippen LogP contribution is -2.46. The zero-order chi connectivity index (χ0) is 12.3. The smallest absolute Gasteiger partial charge is 0.416 e. The molecule has 0 saturated carbocycles. The number of amides is 2. The number of hydrogen-bond donors (Lipinski definition) is 0. The van der Waals surface area contributed by atoms with Crippen molar-refractivity contribution in [2.24, 2.45) is 0 Å². The molecule has 1 aliphatic heterocycles. The highest BCUT2D eigenvalue weighted by atomic mass is 16.5. The van der Waals surface area contributed by atoms with Gasteiger partial charge < -0.3 is 9.47 Å². The Bertz CT molecular complexity index is 282. The average Bonchev–Trinajstić information content (AvgIpc) is 2.14. The van der Waals surface area contributed by atoms with Crippen molar-refractivity contribution in [2.75, 3.05) is 13.7 Å². The summed E-state index contributed by atoms with van der Waals surface area (Å²) in [7, 11) is 1.27. The molecule has 5 heteroatoms. The van der Waals surface area contributed by atoms with Gasteiger partial charge in [-0.3, -0.25) is 4.79 Å². The van der Waals surface area contributed by atoms with Crippen LogP contribution in [0.5, 0.6) is 0 Å². The number of methoxy groups -OCH3 is 1. The molecule has 5 nitrogen and oxygen atoms in total. The molecular weight excluding hydrogens is 210 g/mol. The minimum Gasteiger partial charge on any atom is -0.452 e. The number of imide groups is 1. The molecule has 0 radical (unpaired) electrons. The van der Waals surface area contributed by atoms with Crippen molar-refractivity contribution >= 4 is 12.0 Å². The number of ether oxygens (including phenoxy) is 2. The lowest BCUT2D eigenvalue weighted by Gasteiger charge is -2.33. The maximum Gasteiger partial charge on any atom is 0.416 e. The van der Waals surface area contributed by atoms with Crippen LogP contribution in [0.3, 0.4) is 0 Å². The van der Waals surface area contributed by atoms with Gasteiger partial charge in [0.15, 0.2) is 0 Å². The first-order valence-electron chi connectivity index (χ1n) is 5.39. The van der Waals surface area contributed by atoms with Crippen molar-refractivity contribution in [3.8, 4) is 0 Å². The summed E-state index contributed by atoms with van der Waals surface area (Å²) in [4.78, 5) is 24.0. The Hall–Kier alpha value is -1.10. The summed E-state index contributed by atoms with van der Waals surface area (Å²) in [5, 5.41) is 0. The van der Waals surface area contributed by atoms with Crippen LogP contribution in [0.15, 0.2) is 0 Å². The molecule has 0 aromatic heterocycles. The van der Waals surface area contributed by atoms with E-state index in [2.05, 4.69) is 4.74 Å². The number of nitrogens with zero attached hydrogens (tertiary/aromatic N) is 1. The Labute approximate surface area is 95.7 Å². The second-order valence-electron chi connectivity index (χ2n) is 4.86. The number of carbonyl (C=O) groups is 2.